The summed E-state index contributed by atoms with van der Waals surface area (Å²) in [5.41, 5.74) is 4.09. The van der Waals surface area contributed by atoms with Gasteiger partial charge >= 0.3 is 0 Å². The zero-order valence-electron chi connectivity index (χ0n) is 12.6. The molecule has 1 heterocycles. The van der Waals surface area contributed by atoms with Crippen molar-refractivity contribution in [1.82, 2.24) is 0 Å². The normalized spacial score (nSPS) is 16.1. The monoisotopic (exact) mass is 364 g/mol. The summed E-state index contributed by atoms with van der Waals surface area (Å²) in [6.45, 7) is 2.10. The molecule has 2 aromatic rings. The summed E-state index contributed by atoms with van der Waals surface area (Å²) in [5.74, 6) is 0.959. The smallest absolute Gasteiger partial charge is 0.121 e. The Kier molecular flexibility index (Phi) is 4.70. The lowest BCUT2D eigenvalue weighted by atomic mass is 10.1. The van der Waals surface area contributed by atoms with E-state index < -0.39 is 0 Å². The number of hydrogen-bond acceptors (Lipinski definition) is 2. The van der Waals surface area contributed by atoms with Crippen LogP contribution in [0.25, 0.3) is 0 Å². The van der Waals surface area contributed by atoms with E-state index in [4.69, 9.17) is 4.74 Å². The maximum Gasteiger partial charge on any atom is 0.121 e. The Labute approximate surface area is 139 Å². The lowest BCUT2D eigenvalue weighted by molar-refractivity contribution is 0.411. The van der Waals surface area contributed by atoms with Gasteiger partial charge in [-0.15, -0.1) is 11.3 Å². The van der Waals surface area contributed by atoms with Crippen LogP contribution in [0, 0.1) is 6.92 Å². The first-order valence-corrected chi connectivity index (χ1v) is 9.32. The first-order chi connectivity index (χ1) is 10.2. The minimum absolute atomic E-state index is 0.291. The Balaban J connectivity index is 1.88. The fourth-order valence-corrected chi connectivity index (χ4v) is 5.00. The van der Waals surface area contributed by atoms with E-state index in [1.165, 1.54) is 48.1 Å². The van der Waals surface area contributed by atoms with E-state index in [0.717, 1.165) is 5.75 Å². The summed E-state index contributed by atoms with van der Waals surface area (Å²) in [5, 5.41) is 0. The molecule has 1 aromatic heterocycles. The predicted molar refractivity (Wildman–Crippen MR) is 94.1 cm³/mol. The molecule has 0 amide bonds. The van der Waals surface area contributed by atoms with Gasteiger partial charge in [-0.05, 0) is 61.4 Å². The van der Waals surface area contributed by atoms with Gasteiger partial charge in [0, 0.05) is 9.75 Å². The van der Waals surface area contributed by atoms with Gasteiger partial charge in [-0.3, -0.25) is 0 Å². The molecule has 112 valence electrons. The Morgan fingerprint density at radius 1 is 1.14 bits per heavy atom. The quantitative estimate of drug-likeness (QED) is 0.492. The minimum atomic E-state index is 0.291. The van der Waals surface area contributed by atoms with Gasteiger partial charge in [-0.1, -0.05) is 34.5 Å². The van der Waals surface area contributed by atoms with Crippen LogP contribution in [0.5, 0.6) is 5.75 Å². The number of thiophene rings is 1. The molecule has 1 aliphatic rings. The van der Waals surface area contributed by atoms with Gasteiger partial charge in [0.05, 0.1) is 11.9 Å². The van der Waals surface area contributed by atoms with Crippen LogP contribution in [0.3, 0.4) is 0 Å². The van der Waals surface area contributed by atoms with Gasteiger partial charge < -0.3 is 4.74 Å². The fourth-order valence-electron chi connectivity index (χ4n) is 3.04. The third-order valence-electron chi connectivity index (χ3n) is 4.23. The number of rotatable bonds is 3. The molecule has 1 aliphatic carbocycles. The van der Waals surface area contributed by atoms with E-state index in [0.29, 0.717) is 4.83 Å². The third kappa shape index (κ3) is 3.19. The van der Waals surface area contributed by atoms with Crippen LogP contribution in [-0.2, 0) is 12.8 Å². The molecule has 1 nitrogen and oxygen atoms in total. The highest BCUT2D eigenvalue weighted by Crippen LogP contribution is 2.40. The van der Waals surface area contributed by atoms with Crippen LogP contribution in [0.1, 0.15) is 50.5 Å². The molecular weight excluding hydrogens is 344 g/mol. The molecule has 0 radical (unpaired) electrons. The van der Waals surface area contributed by atoms with E-state index in [1.54, 1.807) is 17.6 Å². The van der Waals surface area contributed by atoms with Gasteiger partial charge in [0.15, 0.2) is 0 Å². The van der Waals surface area contributed by atoms with Crippen LogP contribution in [-0.4, -0.2) is 7.11 Å². The molecule has 1 unspecified atom stereocenters. The second-order valence-electron chi connectivity index (χ2n) is 5.75. The molecular formula is C18H21BrOS. The zero-order chi connectivity index (χ0) is 14.8. The number of hydrogen-bond donors (Lipinski definition) is 0. The number of methoxy groups -OCH3 is 1. The molecule has 0 bridgehead atoms. The maximum absolute atomic E-state index is 5.35. The van der Waals surface area contributed by atoms with Crippen molar-refractivity contribution in [3.05, 3.63) is 50.7 Å². The molecule has 0 fully saturated rings. The second-order valence-corrected chi connectivity index (χ2v) is 7.83. The lowest BCUT2D eigenvalue weighted by Crippen LogP contribution is -1.93. The summed E-state index contributed by atoms with van der Waals surface area (Å²) in [6.07, 6.45) is 6.60. The van der Waals surface area contributed by atoms with E-state index in [2.05, 4.69) is 47.1 Å². The number of ether oxygens (including phenoxy) is 1. The van der Waals surface area contributed by atoms with Crippen LogP contribution in [0.15, 0.2) is 24.3 Å². The molecule has 0 N–H and O–H groups in total. The average Bonchev–Trinajstić information content (AvgIpc) is 2.77. The van der Waals surface area contributed by atoms with Crippen molar-refractivity contribution >= 4 is 27.3 Å². The average molecular weight is 365 g/mol. The maximum atomic E-state index is 5.35. The number of fused-ring (bicyclic) bond motifs is 1. The van der Waals surface area contributed by atoms with E-state index in [1.807, 2.05) is 11.3 Å². The minimum Gasteiger partial charge on any atom is -0.496 e. The summed E-state index contributed by atoms with van der Waals surface area (Å²) < 4.78 is 5.35. The molecule has 21 heavy (non-hydrogen) atoms. The van der Waals surface area contributed by atoms with Crippen molar-refractivity contribution in [2.24, 2.45) is 0 Å². The molecule has 0 spiro atoms. The Morgan fingerprint density at radius 2 is 1.95 bits per heavy atom. The SMILES string of the molecule is COc1ccc(C(Br)c2cc3c(s2)CCCCC3)cc1C. The van der Waals surface area contributed by atoms with Crippen molar-refractivity contribution in [2.75, 3.05) is 7.11 Å². The predicted octanol–water partition coefficient (Wildman–Crippen LogP) is 5.82. The largest absolute Gasteiger partial charge is 0.496 e. The molecule has 1 atom stereocenters. The van der Waals surface area contributed by atoms with Gasteiger partial charge in [0.2, 0.25) is 0 Å². The van der Waals surface area contributed by atoms with E-state index in [-0.39, 0.29) is 0 Å². The summed E-state index contributed by atoms with van der Waals surface area (Å²) in [7, 11) is 1.73. The summed E-state index contributed by atoms with van der Waals surface area (Å²) in [6, 6.07) is 8.88. The molecule has 3 rings (SSSR count). The van der Waals surface area contributed by atoms with Crippen molar-refractivity contribution in [3.63, 3.8) is 0 Å². The highest BCUT2D eigenvalue weighted by molar-refractivity contribution is 9.09. The van der Waals surface area contributed by atoms with Gasteiger partial charge in [0.1, 0.15) is 5.75 Å². The van der Waals surface area contributed by atoms with Crippen LogP contribution >= 0.6 is 27.3 Å². The standard InChI is InChI=1S/C18H21BrOS/c1-12-10-14(8-9-15(12)20-2)18(19)17-11-13-6-4-3-5-7-16(13)21-17/h8-11,18H,3-7H2,1-2H3. The lowest BCUT2D eigenvalue weighted by Gasteiger charge is -2.11. The number of alkyl halides is 1. The number of aryl methyl sites for hydroxylation is 3. The Bertz CT molecular complexity index is 609. The van der Waals surface area contributed by atoms with E-state index >= 15 is 0 Å². The van der Waals surface area contributed by atoms with Crippen molar-refractivity contribution in [1.29, 1.82) is 0 Å². The molecule has 1 aromatic carbocycles. The van der Waals surface area contributed by atoms with Crippen LogP contribution in [0.2, 0.25) is 0 Å². The first-order valence-electron chi connectivity index (χ1n) is 7.59. The van der Waals surface area contributed by atoms with Crippen LogP contribution < -0.4 is 4.74 Å². The first kappa shape index (κ1) is 15.1. The fraction of sp³-hybridized carbons (Fsp3) is 0.444. The van der Waals surface area contributed by atoms with Crippen molar-refractivity contribution < 1.29 is 4.74 Å². The zero-order valence-corrected chi connectivity index (χ0v) is 15.0. The summed E-state index contributed by atoms with van der Waals surface area (Å²) in [4.78, 5) is 3.34. The summed E-state index contributed by atoms with van der Waals surface area (Å²) >= 11 is 5.88. The van der Waals surface area contributed by atoms with Crippen molar-refractivity contribution in [2.45, 2.75) is 43.9 Å². The Morgan fingerprint density at radius 3 is 2.71 bits per heavy atom. The third-order valence-corrected chi connectivity index (χ3v) is 6.85. The highest BCUT2D eigenvalue weighted by atomic mass is 79.9. The van der Waals surface area contributed by atoms with Crippen LogP contribution in [0.4, 0.5) is 0 Å². The molecule has 0 saturated carbocycles. The molecule has 0 saturated heterocycles. The molecule has 3 heteroatoms. The van der Waals surface area contributed by atoms with Gasteiger partial charge in [-0.2, -0.15) is 0 Å². The number of benzene rings is 1. The highest BCUT2D eigenvalue weighted by Gasteiger charge is 2.18. The second kappa shape index (κ2) is 6.53. The number of halogens is 1. The van der Waals surface area contributed by atoms with Crippen molar-refractivity contribution in [3.8, 4) is 5.75 Å². The van der Waals surface area contributed by atoms with E-state index in [9.17, 15) is 0 Å². The molecule has 0 aliphatic heterocycles. The van der Waals surface area contributed by atoms with Gasteiger partial charge in [-0.25, -0.2) is 0 Å². The topological polar surface area (TPSA) is 9.23 Å². The Hall–Kier alpha value is -0.800. The van der Waals surface area contributed by atoms with Gasteiger partial charge in [0.25, 0.3) is 0 Å².